The molecule has 2 aromatic carbocycles. The number of hydrogen-bond donors (Lipinski definition) is 1. The second kappa shape index (κ2) is 9.69. The van der Waals surface area contributed by atoms with Crippen LogP contribution >= 0.6 is 11.8 Å². The lowest BCUT2D eigenvalue weighted by Gasteiger charge is -2.15. The Kier molecular flexibility index (Phi) is 7.04. The van der Waals surface area contributed by atoms with E-state index in [1.165, 1.54) is 11.8 Å². The molecular formula is C23H27N3OS. The maximum Gasteiger partial charge on any atom is 0.230 e. The number of fused-ring (bicyclic) bond motifs is 1. The standard InChI is InChI=1S/C23H27N3OS/c1-16(2)13-14-17(3)24-21(27)15-28-23-20-12-8-7-11-19(20)22(25-26-23)18-9-5-4-6-10-18/h4-12,16-17H,13-15H2,1-3H3,(H,24,27)/t17-/m1/s1. The maximum absolute atomic E-state index is 12.3. The van der Waals surface area contributed by atoms with Crippen LogP contribution in [0.2, 0.25) is 0 Å². The number of benzene rings is 2. The van der Waals surface area contributed by atoms with E-state index in [0.717, 1.165) is 39.9 Å². The van der Waals surface area contributed by atoms with E-state index >= 15 is 0 Å². The van der Waals surface area contributed by atoms with Crippen LogP contribution in [0, 0.1) is 5.92 Å². The number of amides is 1. The molecule has 1 N–H and O–H groups in total. The minimum absolute atomic E-state index is 0.0410. The van der Waals surface area contributed by atoms with E-state index in [-0.39, 0.29) is 11.9 Å². The number of hydrogen-bond acceptors (Lipinski definition) is 4. The first-order chi connectivity index (χ1) is 13.5. The van der Waals surface area contributed by atoms with Gasteiger partial charge in [-0.05, 0) is 25.7 Å². The molecule has 0 saturated heterocycles. The van der Waals surface area contributed by atoms with E-state index in [1.54, 1.807) is 0 Å². The molecule has 1 aromatic heterocycles. The zero-order chi connectivity index (χ0) is 19.9. The van der Waals surface area contributed by atoms with Crippen molar-refractivity contribution in [3.8, 4) is 11.3 Å². The summed E-state index contributed by atoms with van der Waals surface area (Å²) in [5, 5.41) is 14.8. The Hall–Kier alpha value is -2.40. The quantitative estimate of drug-likeness (QED) is 0.526. The van der Waals surface area contributed by atoms with Gasteiger partial charge in [-0.1, -0.05) is 80.2 Å². The summed E-state index contributed by atoms with van der Waals surface area (Å²) in [6.45, 7) is 6.47. The molecule has 3 aromatic rings. The molecule has 146 valence electrons. The lowest BCUT2D eigenvalue weighted by molar-refractivity contribution is -0.119. The minimum atomic E-state index is 0.0410. The van der Waals surface area contributed by atoms with Crippen LogP contribution in [0.25, 0.3) is 22.0 Å². The van der Waals surface area contributed by atoms with Crippen molar-refractivity contribution in [2.45, 2.75) is 44.7 Å². The molecule has 1 heterocycles. The first kappa shape index (κ1) is 20.3. The first-order valence-corrected chi connectivity index (χ1v) is 10.8. The Morgan fingerprint density at radius 2 is 1.61 bits per heavy atom. The van der Waals surface area contributed by atoms with Crippen LogP contribution in [0.3, 0.4) is 0 Å². The van der Waals surface area contributed by atoms with Crippen LogP contribution in [0.1, 0.15) is 33.6 Å². The Morgan fingerprint density at radius 3 is 2.32 bits per heavy atom. The van der Waals surface area contributed by atoms with Crippen molar-refractivity contribution >= 4 is 28.4 Å². The van der Waals surface area contributed by atoms with Gasteiger partial charge in [-0.2, -0.15) is 0 Å². The van der Waals surface area contributed by atoms with Crippen molar-refractivity contribution in [1.82, 2.24) is 15.5 Å². The van der Waals surface area contributed by atoms with Gasteiger partial charge >= 0.3 is 0 Å². The summed E-state index contributed by atoms with van der Waals surface area (Å²) in [7, 11) is 0. The fourth-order valence-electron chi connectivity index (χ4n) is 3.10. The first-order valence-electron chi connectivity index (χ1n) is 9.77. The summed E-state index contributed by atoms with van der Waals surface area (Å²) in [6, 6.07) is 18.4. The minimum Gasteiger partial charge on any atom is -0.353 e. The molecule has 0 aliphatic carbocycles. The van der Waals surface area contributed by atoms with Gasteiger partial charge in [0.1, 0.15) is 10.7 Å². The molecule has 4 nitrogen and oxygen atoms in total. The van der Waals surface area contributed by atoms with E-state index in [2.05, 4.69) is 42.4 Å². The Morgan fingerprint density at radius 1 is 0.929 bits per heavy atom. The molecule has 0 saturated carbocycles. The van der Waals surface area contributed by atoms with Crippen molar-refractivity contribution in [2.24, 2.45) is 5.92 Å². The molecule has 1 amide bonds. The number of carbonyl (C=O) groups is 1. The molecule has 0 spiro atoms. The third kappa shape index (κ3) is 5.32. The predicted molar refractivity (Wildman–Crippen MR) is 117 cm³/mol. The monoisotopic (exact) mass is 393 g/mol. The van der Waals surface area contributed by atoms with E-state index in [9.17, 15) is 4.79 Å². The number of thioether (sulfide) groups is 1. The number of nitrogens with zero attached hydrogens (tertiary/aromatic N) is 2. The highest BCUT2D eigenvalue weighted by atomic mass is 32.2. The molecule has 0 aliphatic heterocycles. The lowest BCUT2D eigenvalue weighted by Crippen LogP contribution is -2.34. The molecule has 28 heavy (non-hydrogen) atoms. The van der Waals surface area contributed by atoms with Gasteiger partial charge in [-0.3, -0.25) is 4.79 Å². The highest BCUT2D eigenvalue weighted by Gasteiger charge is 2.13. The van der Waals surface area contributed by atoms with Gasteiger partial charge in [0, 0.05) is 22.4 Å². The van der Waals surface area contributed by atoms with E-state index < -0.39 is 0 Å². The van der Waals surface area contributed by atoms with E-state index in [4.69, 9.17) is 0 Å². The molecular weight excluding hydrogens is 366 g/mol. The van der Waals surface area contributed by atoms with E-state index in [0.29, 0.717) is 11.7 Å². The van der Waals surface area contributed by atoms with Crippen LogP contribution in [-0.4, -0.2) is 27.9 Å². The summed E-state index contributed by atoms with van der Waals surface area (Å²) >= 11 is 1.44. The predicted octanol–water partition coefficient (Wildman–Crippen LogP) is 5.33. The number of carbonyl (C=O) groups excluding carboxylic acids is 1. The van der Waals surface area contributed by atoms with Gasteiger partial charge < -0.3 is 5.32 Å². The second-order valence-corrected chi connectivity index (χ2v) is 8.46. The van der Waals surface area contributed by atoms with Gasteiger partial charge in [0.05, 0.1) is 5.75 Å². The number of nitrogens with one attached hydrogen (secondary N) is 1. The Bertz CT molecular complexity index is 928. The zero-order valence-electron chi connectivity index (χ0n) is 16.7. The summed E-state index contributed by atoms with van der Waals surface area (Å²) in [6.07, 6.45) is 2.12. The van der Waals surface area contributed by atoms with Gasteiger partial charge in [-0.25, -0.2) is 0 Å². The normalized spacial score (nSPS) is 12.3. The smallest absolute Gasteiger partial charge is 0.230 e. The summed E-state index contributed by atoms with van der Waals surface area (Å²) < 4.78 is 0. The molecule has 0 unspecified atom stereocenters. The molecule has 1 atom stereocenters. The van der Waals surface area contributed by atoms with Crippen LogP contribution in [0.15, 0.2) is 59.6 Å². The average Bonchev–Trinajstić information content (AvgIpc) is 2.71. The molecule has 5 heteroatoms. The molecule has 0 radical (unpaired) electrons. The largest absolute Gasteiger partial charge is 0.353 e. The van der Waals surface area contributed by atoms with Crippen molar-refractivity contribution in [3.63, 3.8) is 0 Å². The molecule has 3 rings (SSSR count). The van der Waals surface area contributed by atoms with Crippen molar-refractivity contribution in [2.75, 3.05) is 5.75 Å². The number of rotatable bonds is 8. The zero-order valence-corrected chi connectivity index (χ0v) is 17.5. The summed E-state index contributed by atoms with van der Waals surface area (Å²) in [4.78, 5) is 12.3. The fraction of sp³-hybridized carbons (Fsp3) is 0.348. The third-order valence-corrected chi connectivity index (χ3v) is 5.61. The highest BCUT2D eigenvalue weighted by Crippen LogP contribution is 2.31. The number of aromatic nitrogens is 2. The average molecular weight is 394 g/mol. The lowest BCUT2D eigenvalue weighted by atomic mass is 10.0. The molecule has 0 fully saturated rings. The third-order valence-electron chi connectivity index (χ3n) is 4.63. The van der Waals surface area contributed by atoms with E-state index in [1.807, 2.05) is 48.5 Å². The Labute approximate surface area is 171 Å². The van der Waals surface area contributed by atoms with Crippen LogP contribution in [-0.2, 0) is 4.79 Å². The Balaban J connectivity index is 1.72. The second-order valence-electron chi connectivity index (χ2n) is 7.49. The SMILES string of the molecule is CC(C)CC[C@@H](C)NC(=O)CSc1nnc(-c2ccccc2)c2ccccc12. The van der Waals surface area contributed by atoms with Crippen LogP contribution in [0.5, 0.6) is 0 Å². The van der Waals surface area contributed by atoms with Crippen LogP contribution < -0.4 is 5.32 Å². The topological polar surface area (TPSA) is 54.9 Å². The molecule has 0 bridgehead atoms. The van der Waals surface area contributed by atoms with Gasteiger partial charge in [0.15, 0.2) is 0 Å². The van der Waals surface area contributed by atoms with Gasteiger partial charge in [-0.15, -0.1) is 10.2 Å². The van der Waals surface area contributed by atoms with Crippen molar-refractivity contribution in [3.05, 3.63) is 54.6 Å². The summed E-state index contributed by atoms with van der Waals surface area (Å²) in [5.41, 5.74) is 1.91. The van der Waals surface area contributed by atoms with Crippen molar-refractivity contribution < 1.29 is 4.79 Å². The van der Waals surface area contributed by atoms with Crippen molar-refractivity contribution in [1.29, 1.82) is 0 Å². The molecule has 0 aliphatic rings. The van der Waals surface area contributed by atoms with Gasteiger partial charge in [0.2, 0.25) is 5.91 Å². The van der Waals surface area contributed by atoms with Crippen LogP contribution in [0.4, 0.5) is 0 Å². The summed E-state index contributed by atoms with van der Waals surface area (Å²) in [5.74, 6) is 1.04. The van der Waals surface area contributed by atoms with Gasteiger partial charge in [0.25, 0.3) is 0 Å². The highest BCUT2D eigenvalue weighted by molar-refractivity contribution is 8.00. The maximum atomic E-state index is 12.3. The fourth-order valence-corrected chi connectivity index (χ4v) is 3.88.